The predicted molar refractivity (Wildman–Crippen MR) is 67.6 cm³/mol. The zero-order valence-electron chi connectivity index (χ0n) is 9.71. The largest absolute Gasteiger partial charge is 0.476 e. The van der Waals surface area contributed by atoms with E-state index >= 15 is 0 Å². The lowest BCUT2D eigenvalue weighted by Gasteiger charge is -2.05. The maximum atomic E-state index is 10.7. The molecule has 0 bridgehead atoms. The Balaban J connectivity index is 1.90. The summed E-state index contributed by atoms with van der Waals surface area (Å²) in [6.45, 7) is 0.682. The molecule has 92 valence electrons. The van der Waals surface area contributed by atoms with Gasteiger partial charge >= 0.3 is 5.97 Å². The Kier molecular flexibility index (Phi) is 3.86. The van der Waals surface area contributed by atoms with Gasteiger partial charge in [-0.1, -0.05) is 30.3 Å². The SMILES string of the molecule is O=C(O)c1cncc(NCCc2ccccc2)n1. The smallest absolute Gasteiger partial charge is 0.356 e. The van der Waals surface area contributed by atoms with Gasteiger partial charge in [-0.2, -0.15) is 0 Å². The lowest BCUT2D eigenvalue weighted by molar-refractivity contribution is 0.0690. The van der Waals surface area contributed by atoms with Crippen molar-refractivity contribution in [1.29, 1.82) is 0 Å². The third kappa shape index (κ3) is 3.28. The minimum absolute atomic E-state index is 0.0558. The highest BCUT2D eigenvalue weighted by Gasteiger charge is 2.05. The van der Waals surface area contributed by atoms with Crippen LogP contribution >= 0.6 is 0 Å². The maximum absolute atomic E-state index is 10.7. The summed E-state index contributed by atoms with van der Waals surface area (Å²) >= 11 is 0. The molecule has 0 fully saturated rings. The second-order valence-corrected chi connectivity index (χ2v) is 3.76. The van der Waals surface area contributed by atoms with Crippen molar-refractivity contribution in [3.05, 3.63) is 54.0 Å². The van der Waals surface area contributed by atoms with Crippen LogP contribution in [-0.2, 0) is 6.42 Å². The van der Waals surface area contributed by atoms with E-state index in [9.17, 15) is 4.79 Å². The average molecular weight is 243 g/mol. The molecule has 0 amide bonds. The Morgan fingerprint density at radius 2 is 2.00 bits per heavy atom. The van der Waals surface area contributed by atoms with E-state index < -0.39 is 5.97 Å². The Labute approximate surface area is 105 Å². The summed E-state index contributed by atoms with van der Waals surface area (Å²) in [6.07, 6.45) is 3.59. The Bertz CT molecular complexity index is 529. The number of rotatable bonds is 5. The van der Waals surface area contributed by atoms with Crippen molar-refractivity contribution in [2.75, 3.05) is 11.9 Å². The first-order chi connectivity index (χ1) is 8.75. The minimum atomic E-state index is -1.07. The van der Waals surface area contributed by atoms with Crippen LogP contribution in [0.15, 0.2) is 42.7 Å². The molecule has 0 saturated carbocycles. The fourth-order valence-corrected chi connectivity index (χ4v) is 1.53. The van der Waals surface area contributed by atoms with Gasteiger partial charge in [0.25, 0.3) is 0 Å². The summed E-state index contributed by atoms with van der Waals surface area (Å²) in [7, 11) is 0. The Hall–Kier alpha value is -2.43. The summed E-state index contributed by atoms with van der Waals surface area (Å²) in [5, 5.41) is 11.8. The quantitative estimate of drug-likeness (QED) is 0.838. The first-order valence-electron chi connectivity index (χ1n) is 5.59. The topological polar surface area (TPSA) is 75.1 Å². The molecule has 5 heteroatoms. The standard InChI is InChI=1S/C13H13N3O2/c17-13(18)11-8-14-9-12(16-11)15-7-6-10-4-2-1-3-5-10/h1-5,8-9H,6-7H2,(H,15,16)(H,17,18). The molecule has 0 spiro atoms. The third-order valence-electron chi connectivity index (χ3n) is 2.42. The average Bonchev–Trinajstić information content (AvgIpc) is 2.40. The van der Waals surface area contributed by atoms with Crippen LogP contribution in [0.25, 0.3) is 0 Å². The van der Waals surface area contributed by atoms with E-state index in [2.05, 4.69) is 15.3 Å². The first-order valence-corrected chi connectivity index (χ1v) is 5.59. The van der Waals surface area contributed by atoms with Crippen molar-refractivity contribution >= 4 is 11.8 Å². The molecule has 0 unspecified atom stereocenters. The summed E-state index contributed by atoms with van der Waals surface area (Å²) < 4.78 is 0. The third-order valence-corrected chi connectivity index (χ3v) is 2.42. The van der Waals surface area contributed by atoms with E-state index in [-0.39, 0.29) is 5.69 Å². The molecule has 2 N–H and O–H groups in total. The second-order valence-electron chi connectivity index (χ2n) is 3.76. The van der Waals surface area contributed by atoms with Gasteiger partial charge in [0.05, 0.1) is 12.4 Å². The van der Waals surface area contributed by atoms with Gasteiger partial charge in [-0.3, -0.25) is 4.98 Å². The molecule has 1 aromatic carbocycles. The number of aromatic nitrogens is 2. The van der Waals surface area contributed by atoms with Gasteiger partial charge in [0, 0.05) is 6.54 Å². The molecule has 1 heterocycles. The van der Waals surface area contributed by atoms with Gasteiger partial charge in [-0.05, 0) is 12.0 Å². The predicted octanol–water partition coefficient (Wildman–Crippen LogP) is 1.83. The van der Waals surface area contributed by atoms with E-state index in [4.69, 9.17) is 5.11 Å². The van der Waals surface area contributed by atoms with Crippen molar-refractivity contribution < 1.29 is 9.90 Å². The Morgan fingerprint density at radius 3 is 2.72 bits per heavy atom. The normalized spacial score (nSPS) is 10.0. The van der Waals surface area contributed by atoms with Crippen molar-refractivity contribution in [2.45, 2.75) is 6.42 Å². The van der Waals surface area contributed by atoms with Crippen LogP contribution in [0.3, 0.4) is 0 Å². The van der Waals surface area contributed by atoms with E-state index in [1.54, 1.807) is 0 Å². The van der Waals surface area contributed by atoms with Crippen molar-refractivity contribution in [2.24, 2.45) is 0 Å². The molecule has 0 aliphatic heterocycles. The highest BCUT2D eigenvalue weighted by Crippen LogP contribution is 2.04. The highest BCUT2D eigenvalue weighted by molar-refractivity contribution is 5.85. The van der Waals surface area contributed by atoms with Gasteiger partial charge in [0.15, 0.2) is 5.69 Å². The minimum Gasteiger partial charge on any atom is -0.476 e. The van der Waals surface area contributed by atoms with Gasteiger partial charge in [-0.15, -0.1) is 0 Å². The molecule has 1 aromatic heterocycles. The molecule has 0 saturated heterocycles. The number of nitrogens with zero attached hydrogens (tertiary/aromatic N) is 2. The number of anilines is 1. The van der Waals surface area contributed by atoms with Crippen LogP contribution in [0, 0.1) is 0 Å². The van der Waals surface area contributed by atoms with Crippen LogP contribution < -0.4 is 5.32 Å². The van der Waals surface area contributed by atoms with Gasteiger partial charge in [-0.25, -0.2) is 9.78 Å². The monoisotopic (exact) mass is 243 g/mol. The molecule has 2 aromatic rings. The maximum Gasteiger partial charge on any atom is 0.356 e. The number of carbonyl (C=O) groups is 1. The summed E-state index contributed by atoms with van der Waals surface area (Å²) in [5.41, 5.74) is 1.16. The molecule has 0 atom stereocenters. The Morgan fingerprint density at radius 1 is 1.22 bits per heavy atom. The molecule has 0 aliphatic rings. The van der Waals surface area contributed by atoms with Crippen molar-refractivity contribution in [3.63, 3.8) is 0 Å². The van der Waals surface area contributed by atoms with Crippen molar-refractivity contribution in [1.82, 2.24) is 9.97 Å². The van der Waals surface area contributed by atoms with Gasteiger partial charge in [0.1, 0.15) is 5.82 Å². The van der Waals surface area contributed by atoms with Crippen LogP contribution in [0.5, 0.6) is 0 Å². The number of carboxylic acid groups (broad SMARTS) is 1. The molecule has 2 rings (SSSR count). The lowest BCUT2D eigenvalue weighted by Crippen LogP contribution is -2.09. The number of hydrogen-bond donors (Lipinski definition) is 2. The molecule has 18 heavy (non-hydrogen) atoms. The van der Waals surface area contributed by atoms with Crippen LogP contribution in [0.4, 0.5) is 5.82 Å². The molecule has 0 radical (unpaired) electrons. The van der Waals surface area contributed by atoms with Crippen LogP contribution in [-0.4, -0.2) is 27.6 Å². The van der Waals surface area contributed by atoms with Crippen LogP contribution in [0.1, 0.15) is 16.1 Å². The lowest BCUT2D eigenvalue weighted by atomic mass is 10.1. The molecular weight excluding hydrogens is 230 g/mol. The summed E-state index contributed by atoms with van der Waals surface area (Å²) in [5.74, 6) is -0.597. The van der Waals surface area contributed by atoms with E-state index in [1.807, 2.05) is 30.3 Å². The number of aromatic carboxylic acids is 1. The number of hydrogen-bond acceptors (Lipinski definition) is 4. The molecule has 5 nitrogen and oxygen atoms in total. The summed E-state index contributed by atoms with van der Waals surface area (Å²) in [4.78, 5) is 18.5. The van der Waals surface area contributed by atoms with Crippen molar-refractivity contribution in [3.8, 4) is 0 Å². The van der Waals surface area contributed by atoms with E-state index in [0.29, 0.717) is 12.4 Å². The van der Waals surface area contributed by atoms with Gasteiger partial charge in [0.2, 0.25) is 0 Å². The molecule has 0 aliphatic carbocycles. The second kappa shape index (κ2) is 5.77. The van der Waals surface area contributed by atoms with Gasteiger partial charge < -0.3 is 10.4 Å². The fraction of sp³-hybridized carbons (Fsp3) is 0.154. The summed E-state index contributed by atoms with van der Waals surface area (Å²) in [6, 6.07) is 10.0. The first kappa shape index (κ1) is 12.0. The number of nitrogens with one attached hydrogen (secondary N) is 1. The fourth-order valence-electron chi connectivity index (χ4n) is 1.53. The van der Waals surface area contributed by atoms with E-state index in [0.717, 1.165) is 6.42 Å². The zero-order valence-corrected chi connectivity index (χ0v) is 9.71. The number of benzene rings is 1. The van der Waals surface area contributed by atoms with Crippen LogP contribution in [0.2, 0.25) is 0 Å². The zero-order chi connectivity index (χ0) is 12.8. The highest BCUT2D eigenvalue weighted by atomic mass is 16.4. The van der Waals surface area contributed by atoms with E-state index in [1.165, 1.54) is 18.0 Å². The number of carboxylic acids is 1. The molecular formula is C13H13N3O2.